The van der Waals surface area contributed by atoms with Gasteiger partial charge < -0.3 is 9.47 Å². The van der Waals surface area contributed by atoms with Crippen molar-refractivity contribution < 1.29 is 17.9 Å². The van der Waals surface area contributed by atoms with Crippen LogP contribution in [0.15, 0.2) is 82.2 Å². The second kappa shape index (κ2) is 8.98. The molecule has 29 heavy (non-hydrogen) atoms. The van der Waals surface area contributed by atoms with E-state index >= 15 is 0 Å². The van der Waals surface area contributed by atoms with Crippen LogP contribution in [0.2, 0.25) is 0 Å². The van der Waals surface area contributed by atoms with Crippen LogP contribution in [0.25, 0.3) is 0 Å². The van der Waals surface area contributed by atoms with Gasteiger partial charge in [-0.2, -0.15) is 4.31 Å². The standard InChI is InChI=1S/C22H22BrNO4S/c1-24(29(25,26)17-13-14-20(27-2)21(15-17)28-3)22(16-9-5-4-6-10-16)18-11-7-8-12-19(18)23/h4-15,22H,1-3H3. The highest BCUT2D eigenvalue weighted by Crippen LogP contribution is 2.37. The summed E-state index contributed by atoms with van der Waals surface area (Å²) >= 11 is 3.57. The lowest BCUT2D eigenvalue weighted by atomic mass is 9.99. The Hall–Kier alpha value is -2.35. The van der Waals surface area contributed by atoms with Crippen molar-refractivity contribution in [2.24, 2.45) is 0 Å². The Balaban J connectivity index is 2.13. The van der Waals surface area contributed by atoms with Gasteiger partial charge in [-0.25, -0.2) is 8.42 Å². The topological polar surface area (TPSA) is 55.8 Å². The van der Waals surface area contributed by atoms with Crippen molar-refractivity contribution in [1.82, 2.24) is 4.31 Å². The fraction of sp³-hybridized carbons (Fsp3) is 0.182. The van der Waals surface area contributed by atoms with Gasteiger partial charge in [-0.1, -0.05) is 64.5 Å². The number of halogens is 1. The van der Waals surface area contributed by atoms with Gasteiger partial charge in [-0.3, -0.25) is 0 Å². The molecule has 3 aromatic rings. The maximum Gasteiger partial charge on any atom is 0.243 e. The highest BCUT2D eigenvalue weighted by atomic mass is 79.9. The lowest BCUT2D eigenvalue weighted by Crippen LogP contribution is -2.32. The van der Waals surface area contributed by atoms with Crippen LogP contribution >= 0.6 is 15.9 Å². The summed E-state index contributed by atoms with van der Waals surface area (Å²) in [6.07, 6.45) is 0. The Morgan fingerprint density at radius 2 is 1.48 bits per heavy atom. The molecule has 0 N–H and O–H groups in total. The van der Waals surface area contributed by atoms with E-state index in [1.54, 1.807) is 13.1 Å². The first kappa shape index (κ1) is 21.4. The average molecular weight is 476 g/mol. The molecule has 3 rings (SSSR count). The van der Waals surface area contributed by atoms with Gasteiger partial charge in [0.1, 0.15) is 0 Å². The molecule has 0 aliphatic heterocycles. The summed E-state index contributed by atoms with van der Waals surface area (Å²) in [5.41, 5.74) is 1.72. The van der Waals surface area contributed by atoms with Gasteiger partial charge in [0.05, 0.1) is 25.2 Å². The van der Waals surface area contributed by atoms with E-state index in [9.17, 15) is 8.42 Å². The van der Waals surface area contributed by atoms with Crippen LogP contribution in [0.4, 0.5) is 0 Å². The van der Waals surface area contributed by atoms with Gasteiger partial charge in [-0.05, 0) is 29.3 Å². The van der Waals surface area contributed by atoms with E-state index in [1.165, 1.54) is 30.7 Å². The molecule has 1 unspecified atom stereocenters. The number of sulfonamides is 1. The van der Waals surface area contributed by atoms with Crippen LogP contribution in [-0.4, -0.2) is 34.0 Å². The monoisotopic (exact) mass is 475 g/mol. The lowest BCUT2D eigenvalue weighted by molar-refractivity contribution is 0.353. The summed E-state index contributed by atoms with van der Waals surface area (Å²) in [6, 6.07) is 21.3. The summed E-state index contributed by atoms with van der Waals surface area (Å²) in [5, 5.41) is 0. The van der Waals surface area contributed by atoms with Gasteiger partial charge in [0.2, 0.25) is 10.0 Å². The Labute approximate surface area is 180 Å². The maximum absolute atomic E-state index is 13.5. The van der Waals surface area contributed by atoms with Crippen molar-refractivity contribution in [3.05, 3.63) is 88.4 Å². The minimum Gasteiger partial charge on any atom is -0.493 e. The number of benzene rings is 3. The molecule has 0 amide bonds. The third-order valence-corrected chi connectivity index (χ3v) is 7.25. The zero-order valence-corrected chi connectivity index (χ0v) is 18.8. The first-order chi connectivity index (χ1) is 13.9. The number of ether oxygens (including phenoxy) is 2. The van der Waals surface area contributed by atoms with E-state index in [4.69, 9.17) is 9.47 Å². The third kappa shape index (κ3) is 4.32. The zero-order chi connectivity index (χ0) is 21.0. The SMILES string of the molecule is COc1ccc(S(=O)(=O)N(C)C(c2ccccc2)c2ccccc2Br)cc1OC. The Morgan fingerprint density at radius 1 is 0.862 bits per heavy atom. The lowest BCUT2D eigenvalue weighted by Gasteiger charge is -2.29. The molecule has 3 aromatic carbocycles. The summed E-state index contributed by atoms with van der Waals surface area (Å²) in [7, 11) is 0.743. The molecule has 0 radical (unpaired) electrons. The minimum atomic E-state index is -3.83. The van der Waals surface area contributed by atoms with Crippen molar-refractivity contribution in [2.45, 2.75) is 10.9 Å². The normalized spacial score (nSPS) is 12.6. The highest BCUT2D eigenvalue weighted by Gasteiger charge is 2.32. The van der Waals surface area contributed by atoms with E-state index in [0.717, 1.165) is 15.6 Å². The maximum atomic E-state index is 13.5. The Morgan fingerprint density at radius 3 is 2.10 bits per heavy atom. The van der Waals surface area contributed by atoms with Gasteiger partial charge in [0.15, 0.2) is 11.5 Å². The molecular formula is C22H22BrNO4S. The fourth-order valence-corrected chi connectivity index (χ4v) is 5.04. The van der Waals surface area contributed by atoms with Crippen molar-refractivity contribution in [3.63, 3.8) is 0 Å². The highest BCUT2D eigenvalue weighted by molar-refractivity contribution is 9.10. The second-order valence-electron chi connectivity index (χ2n) is 6.37. The molecule has 7 heteroatoms. The van der Waals surface area contributed by atoms with Crippen LogP contribution in [0, 0.1) is 0 Å². The smallest absolute Gasteiger partial charge is 0.243 e. The van der Waals surface area contributed by atoms with Crippen molar-refractivity contribution in [2.75, 3.05) is 21.3 Å². The van der Waals surface area contributed by atoms with Crippen LogP contribution in [0.5, 0.6) is 11.5 Å². The van der Waals surface area contributed by atoms with Crippen molar-refractivity contribution >= 4 is 26.0 Å². The van der Waals surface area contributed by atoms with Crippen LogP contribution in [-0.2, 0) is 10.0 Å². The zero-order valence-electron chi connectivity index (χ0n) is 16.4. The molecule has 5 nitrogen and oxygen atoms in total. The molecule has 1 atom stereocenters. The van der Waals surface area contributed by atoms with Crippen LogP contribution in [0.1, 0.15) is 17.2 Å². The number of hydrogen-bond donors (Lipinski definition) is 0. The van der Waals surface area contributed by atoms with E-state index in [0.29, 0.717) is 11.5 Å². The molecule has 0 aliphatic rings. The van der Waals surface area contributed by atoms with E-state index in [-0.39, 0.29) is 4.90 Å². The molecule has 0 spiro atoms. The van der Waals surface area contributed by atoms with Gasteiger partial charge in [-0.15, -0.1) is 0 Å². The number of rotatable bonds is 7. The molecule has 0 saturated carbocycles. The molecule has 0 heterocycles. The first-order valence-corrected chi connectivity index (χ1v) is 11.1. The van der Waals surface area contributed by atoms with E-state index in [1.807, 2.05) is 54.6 Å². The van der Waals surface area contributed by atoms with Gasteiger partial charge in [0.25, 0.3) is 0 Å². The van der Waals surface area contributed by atoms with Crippen LogP contribution < -0.4 is 9.47 Å². The third-order valence-electron chi connectivity index (χ3n) is 4.71. The van der Waals surface area contributed by atoms with Crippen LogP contribution in [0.3, 0.4) is 0 Å². The summed E-state index contributed by atoms with van der Waals surface area (Å²) in [5.74, 6) is 0.832. The second-order valence-corrected chi connectivity index (χ2v) is 9.22. The molecule has 0 fully saturated rings. The average Bonchev–Trinajstić information content (AvgIpc) is 2.75. The molecule has 0 aliphatic carbocycles. The predicted octanol–water partition coefficient (Wildman–Crippen LogP) is 4.88. The summed E-state index contributed by atoms with van der Waals surface area (Å²) < 4.78 is 39.8. The largest absolute Gasteiger partial charge is 0.493 e. The quantitative estimate of drug-likeness (QED) is 0.488. The molecule has 0 bridgehead atoms. The predicted molar refractivity (Wildman–Crippen MR) is 117 cm³/mol. The van der Waals surface area contributed by atoms with E-state index in [2.05, 4.69) is 15.9 Å². The molecule has 0 saturated heterocycles. The minimum absolute atomic E-state index is 0.130. The first-order valence-electron chi connectivity index (χ1n) is 8.89. The molecule has 0 aromatic heterocycles. The van der Waals surface area contributed by atoms with Gasteiger partial charge >= 0.3 is 0 Å². The summed E-state index contributed by atoms with van der Waals surface area (Å²) in [6.45, 7) is 0. The number of nitrogens with zero attached hydrogens (tertiary/aromatic N) is 1. The molecule has 152 valence electrons. The number of hydrogen-bond acceptors (Lipinski definition) is 4. The van der Waals surface area contributed by atoms with Crippen molar-refractivity contribution in [3.8, 4) is 11.5 Å². The van der Waals surface area contributed by atoms with Crippen molar-refractivity contribution in [1.29, 1.82) is 0 Å². The number of methoxy groups -OCH3 is 2. The Bertz CT molecular complexity index is 1090. The molecular weight excluding hydrogens is 454 g/mol. The summed E-state index contributed by atoms with van der Waals surface area (Å²) in [4.78, 5) is 0.130. The van der Waals surface area contributed by atoms with E-state index < -0.39 is 16.1 Å². The fourth-order valence-electron chi connectivity index (χ4n) is 3.20. The Kier molecular flexibility index (Phi) is 6.62. The van der Waals surface area contributed by atoms with Gasteiger partial charge in [0, 0.05) is 17.6 Å².